The number of fused-ring (bicyclic) bond motifs is 1. The van der Waals surface area contributed by atoms with Gasteiger partial charge in [0.25, 0.3) is 5.91 Å². The summed E-state index contributed by atoms with van der Waals surface area (Å²) < 4.78 is 5.84. The molecule has 2 heterocycles. The first kappa shape index (κ1) is 19.2. The van der Waals surface area contributed by atoms with Crippen LogP contribution in [-0.4, -0.2) is 27.5 Å². The Morgan fingerprint density at radius 2 is 1.76 bits per heavy atom. The fourth-order valence-corrected chi connectivity index (χ4v) is 3.82. The van der Waals surface area contributed by atoms with Gasteiger partial charge in [-0.1, -0.05) is 60.3 Å². The van der Waals surface area contributed by atoms with Crippen LogP contribution in [0.3, 0.4) is 0 Å². The second kappa shape index (κ2) is 8.89. The van der Waals surface area contributed by atoms with Crippen LogP contribution < -0.4 is 5.32 Å². The molecule has 4 aromatic rings. The number of thioether (sulfide) groups is 1. The maximum absolute atomic E-state index is 12.8. The normalized spacial score (nSPS) is 12.0. The van der Waals surface area contributed by atoms with Gasteiger partial charge in [-0.2, -0.15) is 0 Å². The molecule has 0 aliphatic carbocycles. The third-order valence-corrected chi connectivity index (χ3v) is 5.33. The number of rotatable bonds is 7. The molecular weight excluding hydrogens is 386 g/mol. The van der Waals surface area contributed by atoms with Crippen molar-refractivity contribution in [3.05, 3.63) is 89.9 Å². The molecule has 0 saturated carbocycles. The summed E-state index contributed by atoms with van der Waals surface area (Å²) in [6, 6.07) is 18.5. The quantitative estimate of drug-likeness (QED) is 0.357. The summed E-state index contributed by atoms with van der Waals surface area (Å²) in [6.07, 6.45) is 2.57. The molecule has 0 bridgehead atoms. The van der Waals surface area contributed by atoms with Gasteiger partial charge in [0.2, 0.25) is 0 Å². The summed E-state index contributed by atoms with van der Waals surface area (Å²) in [5.74, 6) is 0.376. The third-order valence-electron chi connectivity index (χ3n) is 4.43. The van der Waals surface area contributed by atoms with E-state index in [0.717, 1.165) is 16.5 Å². The van der Waals surface area contributed by atoms with Gasteiger partial charge in [-0.25, -0.2) is 9.97 Å². The lowest BCUT2D eigenvalue weighted by atomic mass is 10.1. The summed E-state index contributed by atoms with van der Waals surface area (Å²) in [7, 11) is 0. The van der Waals surface area contributed by atoms with Crippen molar-refractivity contribution in [2.75, 3.05) is 6.54 Å². The number of furan rings is 1. The van der Waals surface area contributed by atoms with Crippen molar-refractivity contribution in [1.29, 1.82) is 0 Å². The molecule has 146 valence electrons. The molecule has 29 heavy (non-hydrogen) atoms. The van der Waals surface area contributed by atoms with Gasteiger partial charge in [0.1, 0.15) is 5.58 Å². The number of aliphatic hydroxyl groups is 1. The number of nitrogens with one attached hydrogen (secondary N) is 1. The molecule has 2 aromatic carbocycles. The van der Waals surface area contributed by atoms with E-state index >= 15 is 0 Å². The van der Waals surface area contributed by atoms with E-state index in [0.29, 0.717) is 16.5 Å². The van der Waals surface area contributed by atoms with E-state index in [2.05, 4.69) is 15.3 Å². The number of nitrogens with zero attached hydrogens (tertiary/aromatic N) is 2. The molecule has 1 unspecified atom stereocenters. The molecule has 2 aromatic heterocycles. The zero-order valence-corrected chi connectivity index (χ0v) is 16.3. The lowest BCUT2D eigenvalue weighted by Crippen LogP contribution is -2.28. The van der Waals surface area contributed by atoms with E-state index in [-0.39, 0.29) is 18.2 Å². The maximum Gasteiger partial charge on any atom is 0.287 e. The van der Waals surface area contributed by atoms with Gasteiger partial charge in [0.05, 0.1) is 6.10 Å². The highest BCUT2D eigenvalue weighted by molar-refractivity contribution is 7.98. The predicted molar refractivity (Wildman–Crippen MR) is 112 cm³/mol. The first-order valence-electron chi connectivity index (χ1n) is 9.14. The van der Waals surface area contributed by atoms with Crippen LogP contribution in [-0.2, 0) is 5.75 Å². The Bertz CT molecular complexity index is 1100. The minimum absolute atomic E-state index is 0.0915. The average molecular weight is 405 g/mol. The maximum atomic E-state index is 12.8. The van der Waals surface area contributed by atoms with Gasteiger partial charge in [-0.05, 0) is 17.7 Å². The van der Waals surface area contributed by atoms with E-state index < -0.39 is 6.10 Å². The fraction of sp³-hybridized carbons (Fsp3) is 0.136. The molecule has 0 aliphatic rings. The Morgan fingerprint density at radius 3 is 2.55 bits per heavy atom. The molecule has 6 nitrogen and oxygen atoms in total. The summed E-state index contributed by atoms with van der Waals surface area (Å²) in [6.45, 7) is 0.0915. The summed E-state index contributed by atoms with van der Waals surface area (Å²) >= 11 is 1.43. The first-order chi connectivity index (χ1) is 14.2. The second-order valence-electron chi connectivity index (χ2n) is 6.36. The van der Waals surface area contributed by atoms with Crippen molar-refractivity contribution in [1.82, 2.24) is 15.3 Å². The van der Waals surface area contributed by atoms with Gasteiger partial charge in [0.15, 0.2) is 10.9 Å². The molecular formula is C22H19N3O3S. The molecule has 2 N–H and O–H groups in total. The second-order valence-corrected chi connectivity index (χ2v) is 7.30. The van der Waals surface area contributed by atoms with E-state index in [1.165, 1.54) is 11.8 Å². The zero-order valence-electron chi connectivity index (χ0n) is 15.5. The van der Waals surface area contributed by atoms with Crippen LogP contribution in [0, 0.1) is 0 Å². The molecule has 7 heteroatoms. The van der Waals surface area contributed by atoms with E-state index in [1.54, 1.807) is 18.5 Å². The van der Waals surface area contributed by atoms with E-state index in [4.69, 9.17) is 4.42 Å². The number of aliphatic hydroxyl groups excluding tert-OH is 1. The molecule has 0 fully saturated rings. The largest absolute Gasteiger partial charge is 0.451 e. The van der Waals surface area contributed by atoms with Crippen LogP contribution >= 0.6 is 11.8 Å². The first-order valence-corrected chi connectivity index (χ1v) is 10.1. The third kappa shape index (κ3) is 4.47. The number of aromatic nitrogens is 2. The summed E-state index contributed by atoms with van der Waals surface area (Å²) in [4.78, 5) is 21.3. The number of carbonyl (C=O) groups excluding carboxylic acids is 1. The minimum atomic E-state index is -0.792. The Hall–Kier alpha value is -3.16. The molecule has 0 spiro atoms. The van der Waals surface area contributed by atoms with Gasteiger partial charge in [-0.15, -0.1) is 0 Å². The van der Waals surface area contributed by atoms with Crippen molar-refractivity contribution < 1.29 is 14.3 Å². The summed E-state index contributed by atoms with van der Waals surface area (Å²) in [5, 5.41) is 14.6. The number of hydrogen-bond acceptors (Lipinski definition) is 6. The molecule has 1 atom stereocenters. The fourth-order valence-electron chi connectivity index (χ4n) is 2.98. The predicted octanol–water partition coefficient (Wildman–Crippen LogP) is 3.98. The molecule has 0 saturated heterocycles. The van der Waals surface area contributed by atoms with Gasteiger partial charge >= 0.3 is 0 Å². The summed E-state index contributed by atoms with van der Waals surface area (Å²) in [5.41, 5.74) is 2.17. The number of carbonyl (C=O) groups is 1. The van der Waals surface area contributed by atoms with Crippen molar-refractivity contribution in [2.45, 2.75) is 17.0 Å². The molecule has 0 aliphatic heterocycles. The van der Waals surface area contributed by atoms with E-state index in [1.807, 2.05) is 54.6 Å². The van der Waals surface area contributed by atoms with Crippen molar-refractivity contribution in [2.24, 2.45) is 0 Å². The Balaban J connectivity index is 1.53. The smallest absolute Gasteiger partial charge is 0.287 e. The standard InChI is InChI=1S/C22H19N3O3S/c26-18(15-7-2-1-3-8-15)13-25-21(27)20-17(14-29-22-23-11-6-12-24-22)16-9-4-5-10-19(16)28-20/h1-12,18,26H,13-14H2,(H,25,27). The highest BCUT2D eigenvalue weighted by Crippen LogP contribution is 2.31. The highest BCUT2D eigenvalue weighted by atomic mass is 32.2. The molecule has 0 radical (unpaired) electrons. The van der Waals surface area contributed by atoms with Crippen LogP contribution in [0.2, 0.25) is 0 Å². The van der Waals surface area contributed by atoms with Crippen LogP contribution in [0.5, 0.6) is 0 Å². The topological polar surface area (TPSA) is 88.2 Å². The Labute approximate surface area is 172 Å². The number of amides is 1. The van der Waals surface area contributed by atoms with Crippen LogP contribution in [0.1, 0.15) is 27.8 Å². The minimum Gasteiger partial charge on any atom is -0.451 e. The van der Waals surface area contributed by atoms with Crippen LogP contribution in [0.25, 0.3) is 11.0 Å². The number of hydrogen-bond donors (Lipinski definition) is 2. The monoisotopic (exact) mass is 405 g/mol. The van der Waals surface area contributed by atoms with Gasteiger partial charge in [-0.3, -0.25) is 4.79 Å². The molecule has 4 rings (SSSR count). The Kier molecular flexibility index (Phi) is 5.88. The van der Waals surface area contributed by atoms with Crippen molar-refractivity contribution in [3.8, 4) is 0 Å². The number of benzene rings is 2. The lowest BCUT2D eigenvalue weighted by molar-refractivity contribution is 0.0890. The van der Waals surface area contributed by atoms with Crippen molar-refractivity contribution >= 4 is 28.6 Å². The zero-order chi connectivity index (χ0) is 20.1. The van der Waals surface area contributed by atoms with Gasteiger partial charge in [0, 0.05) is 35.6 Å². The molecule has 1 amide bonds. The Morgan fingerprint density at radius 1 is 1.03 bits per heavy atom. The van der Waals surface area contributed by atoms with Crippen LogP contribution in [0.4, 0.5) is 0 Å². The highest BCUT2D eigenvalue weighted by Gasteiger charge is 2.21. The average Bonchev–Trinajstić information content (AvgIpc) is 3.16. The lowest BCUT2D eigenvalue weighted by Gasteiger charge is -2.12. The van der Waals surface area contributed by atoms with Crippen LogP contribution in [0.15, 0.2) is 82.6 Å². The van der Waals surface area contributed by atoms with Gasteiger partial charge < -0.3 is 14.8 Å². The SMILES string of the molecule is O=C(NCC(O)c1ccccc1)c1oc2ccccc2c1CSc1ncccn1. The number of para-hydroxylation sites is 1. The van der Waals surface area contributed by atoms with E-state index in [9.17, 15) is 9.90 Å². The van der Waals surface area contributed by atoms with Crippen molar-refractivity contribution in [3.63, 3.8) is 0 Å².